The average Bonchev–Trinajstić information content (AvgIpc) is 3.43. The Hall–Kier alpha value is -1.56. The maximum Gasteiger partial charge on any atom is 0.259 e. The van der Waals surface area contributed by atoms with Crippen LogP contribution in [-0.2, 0) is 0 Å². The zero-order valence-corrected chi connectivity index (χ0v) is 16.4. The lowest BCUT2D eigenvalue weighted by molar-refractivity contribution is 0.0974. The van der Waals surface area contributed by atoms with Crippen LogP contribution < -0.4 is 9.64 Å². The molecule has 4 heteroatoms. The van der Waals surface area contributed by atoms with E-state index in [9.17, 15) is 4.79 Å². The quantitative estimate of drug-likeness (QED) is 0.615. The molecule has 126 valence electrons. The molecule has 1 amide bonds. The number of halogens is 1. The van der Waals surface area contributed by atoms with E-state index in [1.807, 2.05) is 54.3 Å². The number of methoxy groups -OCH3 is 1. The molecule has 1 aliphatic carbocycles. The molecule has 3 nitrogen and oxygen atoms in total. The van der Waals surface area contributed by atoms with Crippen molar-refractivity contribution in [2.45, 2.75) is 32.7 Å². The highest BCUT2D eigenvalue weighted by atomic mass is 127. The molecule has 1 saturated carbocycles. The van der Waals surface area contributed by atoms with Crippen LogP contribution in [0.5, 0.6) is 5.75 Å². The number of hydrogen-bond acceptors (Lipinski definition) is 2. The fraction of sp³-hybridized carbons (Fsp3) is 0.350. The third kappa shape index (κ3) is 3.43. The van der Waals surface area contributed by atoms with Crippen LogP contribution in [0, 0.1) is 16.4 Å². The van der Waals surface area contributed by atoms with Crippen LogP contribution in [-0.4, -0.2) is 19.1 Å². The summed E-state index contributed by atoms with van der Waals surface area (Å²) in [5, 5.41) is 0. The van der Waals surface area contributed by atoms with Gasteiger partial charge in [0.15, 0.2) is 0 Å². The predicted molar refractivity (Wildman–Crippen MR) is 106 cm³/mol. The van der Waals surface area contributed by atoms with Gasteiger partial charge in [0.05, 0.1) is 12.7 Å². The van der Waals surface area contributed by atoms with Gasteiger partial charge in [0.1, 0.15) is 5.75 Å². The summed E-state index contributed by atoms with van der Waals surface area (Å²) in [4.78, 5) is 15.3. The summed E-state index contributed by atoms with van der Waals surface area (Å²) in [6.07, 6.45) is 2.40. The summed E-state index contributed by atoms with van der Waals surface area (Å²) in [5.41, 5.74) is 2.84. The summed E-state index contributed by atoms with van der Waals surface area (Å²) < 4.78 is 6.27. The van der Waals surface area contributed by atoms with Gasteiger partial charge in [-0.2, -0.15) is 0 Å². The summed E-state index contributed by atoms with van der Waals surface area (Å²) in [6, 6.07) is 13.9. The molecule has 24 heavy (non-hydrogen) atoms. The summed E-state index contributed by atoms with van der Waals surface area (Å²) in [7, 11) is 1.65. The van der Waals surface area contributed by atoms with E-state index in [1.165, 1.54) is 12.8 Å². The minimum Gasteiger partial charge on any atom is -0.497 e. The van der Waals surface area contributed by atoms with E-state index in [0.717, 1.165) is 26.1 Å². The van der Waals surface area contributed by atoms with Crippen LogP contribution in [0.1, 0.15) is 35.7 Å². The molecule has 1 atom stereocenters. The maximum absolute atomic E-state index is 13.3. The molecule has 2 aromatic carbocycles. The van der Waals surface area contributed by atoms with E-state index in [2.05, 4.69) is 29.5 Å². The van der Waals surface area contributed by atoms with Gasteiger partial charge in [-0.25, -0.2) is 0 Å². The number of anilines is 1. The lowest BCUT2D eigenvalue weighted by Crippen LogP contribution is -2.40. The number of hydrogen-bond donors (Lipinski definition) is 0. The van der Waals surface area contributed by atoms with Gasteiger partial charge in [0.2, 0.25) is 0 Å². The van der Waals surface area contributed by atoms with Gasteiger partial charge in [-0.3, -0.25) is 4.79 Å². The number of aryl methyl sites for hydroxylation is 1. The third-order valence-electron chi connectivity index (χ3n) is 4.70. The Morgan fingerprint density at radius 3 is 2.46 bits per heavy atom. The number of carbonyl (C=O) groups is 1. The van der Waals surface area contributed by atoms with Gasteiger partial charge < -0.3 is 9.64 Å². The van der Waals surface area contributed by atoms with E-state index in [-0.39, 0.29) is 11.9 Å². The first kappa shape index (κ1) is 17.3. The SMILES string of the molecule is COc1ccc(N(C(=O)c2cccc(C)c2I)C(C)C2CC2)cc1. The Balaban J connectivity index is 2.00. The number of amides is 1. The highest BCUT2D eigenvalue weighted by molar-refractivity contribution is 14.1. The number of benzene rings is 2. The molecule has 0 spiro atoms. The van der Waals surface area contributed by atoms with E-state index in [4.69, 9.17) is 4.74 Å². The van der Waals surface area contributed by atoms with Crippen LogP contribution in [0.15, 0.2) is 42.5 Å². The van der Waals surface area contributed by atoms with E-state index >= 15 is 0 Å². The van der Waals surface area contributed by atoms with Crippen molar-refractivity contribution in [1.29, 1.82) is 0 Å². The second-order valence-electron chi connectivity index (χ2n) is 6.39. The molecule has 2 aromatic rings. The minimum absolute atomic E-state index is 0.0765. The smallest absolute Gasteiger partial charge is 0.259 e. The van der Waals surface area contributed by atoms with Crippen molar-refractivity contribution in [1.82, 2.24) is 0 Å². The van der Waals surface area contributed by atoms with Crippen LogP contribution in [0.4, 0.5) is 5.69 Å². The van der Waals surface area contributed by atoms with Gasteiger partial charge in [-0.1, -0.05) is 12.1 Å². The zero-order valence-electron chi connectivity index (χ0n) is 14.3. The molecular formula is C20H22INO2. The largest absolute Gasteiger partial charge is 0.497 e. The number of carbonyl (C=O) groups excluding carboxylic acids is 1. The molecule has 0 bridgehead atoms. The van der Waals surface area contributed by atoms with E-state index < -0.39 is 0 Å². The Morgan fingerprint density at radius 1 is 1.21 bits per heavy atom. The lowest BCUT2D eigenvalue weighted by Gasteiger charge is -2.30. The van der Waals surface area contributed by atoms with Crippen molar-refractivity contribution in [3.8, 4) is 5.75 Å². The average molecular weight is 435 g/mol. The number of nitrogens with zero attached hydrogens (tertiary/aromatic N) is 1. The third-order valence-corrected chi connectivity index (χ3v) is 6.13. The summed E-state index contributed by atoms with van der Waals surface area (Å²) in [5.74, 6) is 1.47. The lowest BCUT2D eigenvalue weighted by atomic mass is 10.1. The van der Waals surface area contributed by atoms with Gasteiger partial charge in [0, 0.05) is 15.3 Å². The molecule has 0 N–H and O–H groups in total. The predicted octanol–water partition coefficient (Wildman–Crippen LogP) is 5.05. The van der Waals surface area contributed by atoms with Crippen LogP contribution >= 0.6 is 22.6 Å². The Morgan fingerprint density at radius 2 is 1.88 bits per heavy atom. The highest BCUT2D eigenvalue weighted by Gasteiger charge is 2.36. The van der Waals surface area contributed by atoms with E-state index in [1.54, 1.807) is 7.11 Å². The minimum atomic E-state index is 0.0765. The highest BCUT2D eigenvalue weighted by Crippen LogP contribution is 2.38. The topological polar surface area (TPSA) is 29.5 Å². The van der Waals surface area contributed by atoms with Crippen LogP contribution in [0.25, 0.3) is 0 Å². The van der Waals surface area contributed by atoms with Gasteiger partial charge in [0.25, 0.3) is 5.91 Å². The van der Waals surface area contributed by atoms with Gasteiger partial charge >= 0.3 is 0 Å². The monoisotopic (exact) mass is 435 g/mol. The fourth-order valence-corrected chi connectivity index (χ4v) is 3.60. The molecule has 3 rings (SSSR count). The maximum atomic E-state index is 13.3. The first-order chi connectivity index (χ1) is 11.5. The number of ether oxygens (including phenoxy) is 1. The first-order valence-electron chi connectivity index (χ1n) is 8.25. The fourth-order valence-electron chi connectivity index (χ4n) is 3.01. The van der Waals surface area contributed by atoms with Crippen molar-refractivity contribution >= 4 is 34.2 Å². The van der Waals surface area contributed by atoms with Crippen molar-refractivity contribution in [3.63, 3.8) is 0 Å². The van der Waals surface area contributed by atoms with Crippen LogP contribution in [0.2, 0.25) is 0 Å². The second kappa shape index (κ2) is 7.13. The first-order valence-corrected chi connectivity index (χ1v) is 9.33. The molecule has 0 saturated heterocycles. The van der Waals surface area contributed by atoms with Gasteiger partial charge in [-0.05, 0) is 91.1 Å². The molecule has 1 aliphatic rings. The molecule has 0 aliphatic heterocycles. The summed E-state index contributed by atoms with van der Waals surface area (Å²) in [6.45, 7) is 4.20. The molecule has 1 unspecified atom stereocenters. The summed E-state index contributed by atoms with van der Waals surface area (Å²) >= 11 is 2.27. The number of rotatable bonds is 5. The molecular weight excluding hydrogens is 413 g/mol. The molecule has 1 fully saturated rings. The van der Waals surface area contributed by atoms with E-state index in [0.29, 0.717) is 5.92 Å². The molecule has 0 aromatic heterocycles. The molecule has 0 radical (unpaired) electrons. The van der Waals surface area contributed by atoms with Crippen LogP contribution in [0.3, 0.4) is 0 Å². The standard InChI is InChI=1S/C20H22INO2/c1-13-5-4-6-18(19(13)21)20(23)22(14(2)15-7-8-15)16-9-11-17(24-3)12-10-16/h4-6,9-12,14-15H,7-8H2,1-3H3. The van der Waals surface area contributed by atoms with Crippen molar-refractivity contribution in [3.05, 3.63) is 57.2 Å². The Labute approximate surface area is 157 Å². The molecule has 0 heterocycles. The normalized spacial score (nSPS) is 15.0. The Bertz CT molecular complexity index is 738. The van der Waals surface area contributed by atoms with Crippen molar-refractivity contribution in [2.75, 3.05) is 12.0 Å². The zero-order chi connectivity index (χ0) is 17.3. The second-order valence-corrected chi connectivity index (χ2v) is 7.47. The van der Waals surface area contributed by atoms with Gasteiger partial charge in [-0.15, -0.1) is 0 Å². The van der Waals surface area contributed by atoms with Crippen molar-refractivity contribution < 1.29 is 9.53 Å². The van der Waals surface area contributed by atoms with Crippen molar-refractivity contribution in [2.24, 2.45) is 5.92 Å². The Kier molecular flexibility index (Phi) is 5.13.